The lowest BCUT2D eigenvalue weighted by atomic mass is 9.82. The maximum absolute atomic E-state index is 13.0. The zero-order valence-electron chi connectivity index (χ0n) is 19.5. The van der Waals surface area contributed by atoms with Crippen molar-refractivity contribution in [3.05, 3.63) is 57.7 Å². The van der Waals surface area contributed by atoms with Crippen molar-refractivity contribution in [2.24, 2.45) is 5.41 Å². The topological polar surface area (TPSA) is 112 Å². The number of aromatic carboxylic acids is 1. The van der Waals surface area contributed by atoms with Crippen LogP contribution in [0.15, 0.2) is 30.3 Å². The molecule has 1 unspecified atom stereocenters. The number of carboxylic acids is 1. The second-order valence-electron chi connectivity index (χ2n) is 9.10. The minimum Gasteiger partial charge on any atom is -0.508 e. The highest BCUT2D eigenvalue weighted by Crippen LogP contribution is 2.26. The molecule has 1 aliphatic carbocycles. The summed E-state index contributed by atoms with van der Waals surface area (Å²) in [7, 11) is 5.51. The number of carbonyl (C=O) groups excluding carboxylic acids is 1. The van der Waals surface area contributed by atoms with E-state index < -0.39 is 11.9 Å². The first-order chi connectivity index (χ1) is 15.6. The molecule has 1 aromatic heterocycles. The molecule has 0 spiro atoms. The summed E-state index contributed by atoms with van der Waals surface area (Å²) in [6, 6.07) is 7.71. The summed E-state index contributed by atoms with van der Waals surface area (Å²) in [4.78, 5) is 31.6. The average Bonchev–Trinajstić information content (AvgIpc) is 2.73. The molecule has 0 radical (unpaired) electrons. The Morgan fingerprint density at radius 2 is 1.97 bits per heavy atom. The number of amides is 1. The molecule has 0 bridgehead atoms. The third-order valence-corrected chi connectivity index (χ3v) is 5.60. The highest BCUT2D eigenvalue weighted by Gasteiger charge is 2.26. The molecule has 8 nitrogen and oxygen atoms in total. The van der Waals surface area contributed by atoms with Gasteiger partial charge in [-0.3, -0.25) is 4.79 Å². The van der Waals surface area contributed by atoms with Crippen molar-refractivity contribution >= 4 is 24.0 Å². The average molecular weight is 454 g/mol. The number of carbonyl (C=O) groups is 2. The fourth-order valence-electron chi connectivity index (χ4n) is 4.27. The Bertz CT molecular complexity index is 1140. The SMILES string of the molecule is COC[C@H](Cc1ccc(O)cc1)NC(=O)c1cc(C(=O)O)c2c(n1)=CCC(C)(CN(C)C)C=2. The van der Waals surface area contributed by atoms with E-state index in [0.29, 0.717) is 23.4 Å². The molecule has 3 rings (SSSR count). The van der Waals surface area contributed by atoms with Gasteiger partial charge in [0.05, 0.1) is 23.6 Å². The molecular weight excluding hydrogens is 422 g/mol. The summed E-state index contributed by atoms with van der Waals surface area (Å²) in [5, 5.41) is 23.3. The summed E-state index contributed by atoms with van der Waals surface area (Å²) in [6.07, 6.45) is 5.05. The predicted octanol–water partition coefficient (Wildman–Crippen LogP) is 1.01. The van der Waals surface area contributed by atoms with Crippen molar-refractivity contribution in [2.75, 3.05) is 34.4 Å². The fraction of sp³-hybridized carbons (Fsp3) is 0.400. The summed E-state index contributed by atoms with van der Waals surface area (Å²) >= 11 is 0. The van der Waals surface area contributed by atoms with Crippen LogP contribution < -0.4 is 15.9 Å². The van der Waals surface area contributed by atoms with Crippen molar-refractivity contribution in [1.82, 2.24) is 15.2 Å². The number of rotatable bonds is 9. The Morgan fingerprint density at radius 1 is 1.27 bits per heavy atom. The molecule has 2 aromatic rings. The molecule has 33 heavy (non-hydrogen) atoms. The Labute approximate surface area is 193 Å². The number of nitrogens with one attached hydrogen (secondary N) is 1. The van der Waals surface area contributed by atoms with Crippen LogP contribution >= 0.6 is 0 Å². The molecule has 1 aliphatic rings. The van der Waals surface area contributed by atoms with Gasteiger partial charge in [-0.05, 0) is 50.7 Å². The summed E-state index contributed by atoms with van der Waals surface area (Å²) < 4.78 is 5.25. The first-order valence-corrected chi connectivity index (χ1v) is 10.8. The van der Waals surface area contributed by atoms with Crippen LogP contribution in [0.5, 0.6) is 5.75 Å². The van der Waals surface area contributed by atoms with Crippen LogP contribution in [-0.4, -0.2) is 72.4 Å². The predicted molar refractivity (Wildman–Crippen MR) is 126 cm³/mol. The van der Waals surface area contributed by atoms with E-state index in [1.165, 1.54) is 6.07 Å². The van der Waals surface area contributed by atoms with Crippen LogP contribution in [0.2, 0.25) is 0 Å². The van der Waals surface area contributed by atoms with E-state index in [1.54, 1.807) is 31.4 Å². The molecule has 0 saturated carbocycles. The maximum Gasteiger partial charge on any atom is 0.336 e. The van der Waals surface area contributed by atoms with Gasteiger partial charge in [-0.15, -0.1) is 0 Å². The normalized spacial score (nSPS) is 18.1. The summed E-state index contributed by atoms with van der Waals surface area (Å²) in [6.45, 7) is 3.11. The minimum atomic E-state index is -1.10. The van der Waals surface area contributed by atoms with Crippen LogP contribution in [0.3, 0.4) is 0 Å². The number of phenols is 1. The van der Waals surface area contributed by atoms with Crippen LogP contribution in [0.4, 0.5) is 0 Å². The first kappa shape index (κ1) is 24.4. The molecule has 0 aliphatic heterocycles. The molecule has 1 aromatic carbocycles. The van der Waals surface area contributed by atoms with Crippen LogP contribution in [0.25, 0.3) is 12.2 Å². The number of benzene rings is 1. The number of phenolic OH excluding ortho intramolecular Hbond substituents is 1. The standard InChI is InChI=1S/C25H31N3O5/c1-25(15-28(2)3)10-9-21-20(13-25)19(24(31)32)12-22(27-21)23(30)26-17(14-33-4)11-16-5-7-18(29)8-6-16/h5-9,12-13,17,29H,10-11,14-15H2,1-4H3,(H,26,30)(H,31,32)/t17-,25?/m0/s1. The first-order valence-electron chi connectivity index (χ1n) is 10.8. The summed E-state index contributed by atoms with van der Waals surface area (Å²) in [5.74, 6) is -1.39. The zero-order valence-corrected chi connectivity index (χ0v) is 19.5. The summed E-state index contributed by atoms with van der Waals surface area (Å²) in [5.41, 5.74) is 0.814. The molecule has 3 N–H and O–H groups in total. The molecular formula is C25H31N3O5. The van der Waals surface area contributed by atoms with Crippen LogP contribution in [0, 0.1) is 5.41 Å². The molecule has 1 amide bonds. The van der Waals surface area contributed by atoms with Gasteiger partial charge in [0.1, 0.15) is 11.4 Å². The Balaban J connectivity index is 1.90. The number of carboxylic acid groups (broad SMARTS) is 1. The van der Waals surface area contributed by atoms with Gasteiger partial charge in [0.25, 0.3) is 5.91 Å². The lowest BCUT2D eigenvalue weighted by molar-refractivity contribution is 0.0695. The maximum atomic E-state index is 13.0. The fourth-order valence-corrected chi connectivity index (χ4v) is 4.27. The quantitative estimate of drug-likeness (QED) is 0.519. The van der Waals surface area contributed by atoms with Gasteiger partial charge in [-0.1, -0.05) is 31.2 Å². The molecule has 2 atom stereocenters. The van der Waals surface area contributed by atoms with Crippen molar-refractivity contribution in [1.29, 1.82) is 0 Å². The second kappa shape index (κ2) is 10.1. The van der Waals surface area contributed by atoms with Gasteiger partial charge in [-0.25, -0.2) is 9.78 Å². The number of nitrogens with zero attached hydrogens (tertiary/aromatic N) is 2. The van der Waals surface area contributed by atoms with E-state index in [1.807, 2.05) is 26.2 Å². The number of fused-ring (bicyclic) bond motifs is 1. The van der Waals surface area contributed by atoms with Crippen molar-refractivity contribution in [3.8, 4) is 5.75 Å². The van der Waals surface area contributed by atoms with Crippen LogP contribution in [0.1, 0.15) is 39.8 Å². The number of ether oxygens (including phenoxy) is 1. The van der Waals surface area contributed by atoms with E-state index in [0.717, 1.165) is 12.1 Å². The number of hydrogen-bond donors (Lipinski definition) is 3. The van der Waals surface area contributed by atoms with Gasteiger partial charge in [0, 0.05) is 24.3 Å². The monoisotopic (exact) mass is 453 g/mol. The Hall–Kier alpha value is -3.23. The minimum absolute atomic E-state index is 0.0545. The zero-order chi connectivity index (χ0) is 24.2. The van der Waals surface area contributed by atoms with Crippen molar-refractivity contribution in [3.63, 3.8) is 0 Å². The van der Waals surface area contributed by atoms with Gasteiger partial charge in [0.2, 0.25) is 0 Å². The molecule has 0 fully saturated rings. The van der Waals surface area contributed by atoms with E-state index in [2.05, 4.69) is 22.1 Å². The molecule has 176 valence electrons. The molecule has 8 heteroatoms. The van der Waals surface area contributed by atoms with Gasteiger partial charge >= 0.3 is 5.97 Å². The third-order valence-electron chi connectivity index (χ3n) is 5.60. The van der Waals surface area contributed by atoms with Crippen LogP contribution in [-0.2, 0) is 11.2 Å². The number of aromatic hydroxyl groups is 1. The smallest absolute Gasteiger partial charge is 0.336 e. The van der Waals surface area contributed by atoms with Gasteiger partial charge in [0.15, 0.2) is 0 Å². The number of methoxy groups -OCH3 is 1. The second-order valence-corrected chi connectivity index (χ2v) is 9.10. The highest BCUT2D eigenvalue weighted by atomic mass is 16.5. The Kier molecular flexibility index (Phi) is 7.50. The molecule has 1 heterocycles. The van der Waals surface area contributed by atoms with Crippen molar-refractivity contribution in [2.45, 2.75) is 25.8 Å². The van der Waals surface area contributed by atoms with Gasteiger partial charge < -0.3 is 25.2 Å². The largest absolute Gasteiger partial charge is 0.508 e. The Morgan fingerprint density at radius 3 is 2.58 bits per heavy atom. The van der Waals surface area contributed by atoms with Gasteiger partial charge in [-0.2, -0.15) is 0 Å². The highest BCUT2D eigenvalue weighted by molar-refractivity contribution is 5.96. The van der Waals surface area contributed by atoms with E-state index in [4.69, 9.17) is 4.74 Å². The third kappa shape index (κ3) is 6.18. The number of hydrogen-bond acceptors (Lipinski definition) is 6. The van der Waals surface area contributed by atoms with E-state index in [-0.39, 0.29) is 35.1 Å². The number of pyridine rings is 1. The lowest BCUT2D eigenvalue weighted by Gasteiger charge is -2.30. The van der Waals surface area contributed by atoms with E-state index in [9.17, 15) is 19.8 Å². The molecule has 0 saturated heterocycles. The van der Waals surface area contributed by atoms with E-state index >= 15 is 0 Å². The number of aromatic nitrogens is 1. The lowest BCUT2D eigenvalue weighted by Crippen LogP contribution is -2.45. The van der Waals surface area contributed by atoms with Crippen molar-refractivity contribution < 1.29 is 24.5 Å².